The highest BCUT2D eigenvalue weighted by Gasteiger charge is 2.06. The van der Waals surface area contributed by atoms with Gasteiger partial charge in [0, 0.05) is 29.7 Å². The van der Waals surface area contributed by atoms with Crippen molar-refractivity contribution in [3.63, 3.8) is 0 Å². The summed E-state index contributed by atoms with van der Waals surface area (Å²) in [5, 5.41) is 1.39. The van der Waals surface area contributed by atoms with Gasteiger partial charge in [-0.15, -0.1) is 0 Å². The van der Waals surface area contributed by atoms with Crippen LogP contribution in [-0.2, 0) is 6.54 Å². The van der Waals surface area contributed by atoms with Gasteiger partial charge in [0.15, 0.2) is 0 Å². The largest absolute Gasteiger partial charge is 0.329 e. The summed E-state index contributed by atoms with van der Waals surface area (Å²) in [5.41, 5.74) is 6.62. The Kier molecular flexibility index (Phi) is 5.40. The Labute approximate surface area is 101 Å². The summed E-state index contributed by atoms with van der Waals surface area (Å²) in [6, 6.07) is 5.59. The van der Waals surface area contributed by atoms with Crippen LogP contribution in [0.25, 0.3) is 0 Å². The van der Waals surface area contributed by atoms with Crippen LogP contribution in [0.5, 0.6) is 0 Å². The molecule has 1 aromatic rings. The maximum Gasteiger partial charge on any atom is 0.0465 e. The van der Waals surface area contributed by atoms with E-state index in [2.05, 4.69) is 11.8 Å². The van der Waals surface area contributed by atoms with E-state index in [1.54, 1.807) is 6.07 Å². The van der Waals surface area contributed by atoms with Crippen molar-refractivity contribution >= 4 is 23.2 Å². The highest BCUT2D eigenvalue weighted by atomic mass is 35.5. The molecule has 0 amide bonds. The molecule has 0 aliphatic carbocycles. The van der Waals surface area contributed by atoms with Crippen LogP contribution in [0.1, 0.15) is 12.5 Å². The molecular formula is C11H16Cl2N2. The number of benzene rings is 1. The van der Waals surface area contributed by atoms with Gasteiger partial charge < -0.3 is 5.73 Å². The first-order valence-electron chi connectivity index (χ1n) is 5.03. The second kappa shape index (κ2) is 6.33. The fourth-order valence-corrected chi connectivity index (χ4v) is 1.89. The molecule has 0 aliphatic rings. The third-order valence-corrected chi connectivity index (χ3v) is 2.89. The Hall–Kier alpha value is -0.280. The quantitative estimate of drug-likeness (QED) is 0.866. The van der Waals surface area contributed by atoms with Crippen molar-refractivity contribution in [2.75, 3.05) is 19.6 Å². The fraction of sp³-hybridized carbons (Fsp3) is 0.455. The normalized spacial score (nSPS) is 11.0. The van der Waals surface area contributed by atoms with Crippen molar-refractivity contribution in [2.24, 2.45) is 5.73 Å². The average molecular weight is 247 g/mol. The monoisotopic (exact) mass is 246 g/mol. The second-order valence-corrected chi connectivity index (χ2v) is 4.24. The first-order valence-corrected chi connectivity index (χ1v) is 5.79. The predicted molar refractivity (Wildman–Crippen MR) is 66.5 cm³/mol. The lowest BCUT2D eigenvalue weighted by molar-refractivity contribution is 0.288. The molecule has 0 fully saturated rings. The van der Waals surface area contributed by atoms with Crippen LogP contribution in [-0.4, -0.2) is 24.5 Å². The predicted octanol–water partition coefficient (Wildman–Crippen LogP) is 2.77. The van der Waals surface area contributed by atoms with Crippen molar-refractivity contribution in [3.05, 3.63) is 33.8 Å². The van der Waals surface area contributed by atoms with Crippen molar-refractivity contribution in [3.8, 4) is 0 Å². The van der Waals surface area contributed by atoms with Gasteiger partial charge in [-0.25, -0.2) is 0 Å². The van der Waals surface area contributed by atoms with Crippen LogP contribution in [0.4, 0.5) is 0 Å². The van der Waals surface area contributed by atoms with E-state index in [0.29, 0.717) is 11.6 Å². The van der Waals surface area contributed by atoms with E-state index in [1.807, 2.05) is 12.1 Å². The van der Waals surface area contributed by atoms with Gasteiger partial charge in [-0.1, -0.05) is 36.2 Å². The highest BCUT2D eigenvalue weighted by molar-refractivity contribution is 6.35. The van der Waals surface area contributed by atoms with Gasteiger partial charge in [0.05, 0.1) is 0 Å². The van der Waals surface area contributed by atoms with Crippen LogP contribution in [0.3, 0.4) is 0 Å². The molecule has 2 nitrogen and oxygen atoms in total. The minimum absolute atomic E-state index is 0.666. The Morgan fingerprint density at radius 1 is 1.33 bits per heavy atom. The zero-order valence-corrected chi connectivity index (χ0v) is 10.4. The number of halogens is 2. The van der Waals surface area contributed by atoms with E-state index in [0.717, 1.165) is 30.2 Å². The first kappa shape index (κ1) is 12.8. The molecule has 15 heavy (non-hydrogen) atoms. The van der Waals surface area contributed by atoms with Crippen LogP contribution in [0.15, 0.2) is 18.2 Å². The smallest absolute Gasteiger partial charge is 0.0465 e. The maximum atomic E-state index is 6.09. The number of nitrogens with two attached hydrogens (primary N) is 1. The lowest BCUT2D eigenvalue weighted by Gasteiger charge is -2.20. The molecule has 0 aliphatic heterocycles. The SMILES string of the molecule is CCN(CCN)Cc1ccc(Cl)cc1Cl. The van der Waals surface area contributed by atoms with E-state index in [9.17, 15) is 0 Å². The van der Waals surface area contributed by atoms with Crippen LogP contribution < -0.4 is 5.73 Å². The molecule has 0 saturated heterocycles. The number of likely N-dealkylation sites (N-methyl/N-ethyl adjacent to an activating group) is 1. The topological polar surface area (TPSA) is 29.3 Å². The molecule has 84 valence electrons. The summed E-state index contributed by atoms with van der Waals surface area (Å²) in [5.74, 6) is 0. The van der Waals surface area contributed by atoms with E-state index in [4.69, 9.17) is 28.9 Å². The molecule has 2 N–H and O–H groups in total. The minimum Gasteiger partial charge on any atom is -0.329 e. The summed E-state index contributed by atoms with van der Waals surface area (Å²) < 4.78 is 0. The van der Waals surface area contributed by atoms with Gasteiger partial charge in [-0.05, 0) is 24.2 Å². The van der Waals surface area contributed by atoms with Gasteiger partial charge in [0.2, 0.25) is 0 Å². The molecule has 1 aromatic carbocycles. The minimum atomic E-state index is 0.666. The van der Waals surface area contributed by atoms with Crippen molar-refractivity contribution in [1.29, 1.82) is 0 Å². The van der Waals surface area contributed by atoms with Crippen LogP contribution in [0, 0.1) is 0 Å². The Balaban J connectivity index is 2.70. The summed E-state index contributed by atoms with van der Waals surface area (Å²) in [7, 11) is 0. The molecule has 4 heteroatoms. The van der Waals surface area contributed by atoms with Crippen LogP contribution in [0.2, 0.25) is 10.0 Å². The molecule has 0 radical (unpaired) electrons. The number of hydrogen-bond acceptors (Lipinski definition) is 2. The molecule has 0 unspecified atom stereocenters. The molecule has 0 saturated carbocycles. The van der Waals surface area contributed by atoms with E-state index < -0.39 is 0 Å². The molecule has 1 rings (SSSR count). The van der Waals surface area contributed by atoms with Crippen molar-refractivity contribution in [1.82, 2.24) is 4.90 Å². The van der Waals surface area contributed by atoms with Crippen molar-refractivity contribution < 1.29 is 0 Å². The van der Waals surface area contributed by atoms with Gasteiger partial charge in [-0.2, -0.15) is 0 Å². The Morgan fingerprint density at radius 3 is 2.60 bits per heavy atom. The Bertz CT molecular complexity index is 315. The number of nitrogens with zero attached hydrogens (tertiary/aromatic N) is 1. The summed E-state index contributed by atoms with van der Waals surface area (Å²) >= 11 is 11.9. The standard InChI is InChI=1S/C11H16Cl2N2/c1-2-15(6-5-14)8-9-3-4-10(12)7-11(9)13/h3-4,7H,2,5-6,8,14H2,1H3. The fourth-order valence-electron chi connectivity index (χ4n) is 1.42. The van der Waals surface area contributed by atoms with Gasteiger partial charge in [-0.3, -0.25) is 4.90 Å². The molecular weight excluding hydrogens is 231 g/mol. The number of hydrogen-bond donors (Lipinski definition) is 1. The molecule has 0 spiro atoms. The summed E-state index contributed by atoms with van der Waals surface area (Å²) in [4.78, 5) is 2.25. The van der Waals surface area contributed by atoms with Crippen molar-refractivity contribution in [2.45, 2.75) is 13.5 Å². The van der Waals surface area contributed by atoms with Crippen LogP contribution >= 0.6 is 23.2 Å². The summed E-state index contributed by atoms with van der Waals surface area (Å²) in [6.45, 7) is 5.45. The third kappa shape index (κ3) is 3.99. The Morgan fingerprint density at radius 2 is 2.07 bits per heavy atom. The highest BCUT2D eigenvalue weighted by Crippen LogP contribution is 2.22. The first-order chi connectivity index (χ1) is 7.17. The molecule has 0 atom stereocenters. The van der Waals surface area contributed by atoms with Gasteiger partial charge >= 0.3 is 0 Å². The second-order valence-electron chi connectivity index (χ2n) is 3.39. The lowest BCUT2D eigenvalue weighted by atomic mass is 10.2. The zero-order chi connectivity index (χ0) is 11.3. The average Bonchev–Trinajstić information content (AvgIpc) is 2.21. The maximum absolute atomic E-state index is 6.09. The van der Waals surface area contributed by atoms with E-state index >= 15 is 0 Å². The molecule has 0 aromatic heterocycles. The number of rotatable bonds is 5. The lowest BCUT2D eigenvalue weighted by Crippen LogP contribution is -2.28. The van der Waals surface area contributed by atoms with E-state index in [-0.39, 0.29) is 0 Å². The molecule has 0 heterocycles. The van der Waals surface area contributed by atoms with E-state index in [1.165, 1.54) is 0 Å². The zero-order valence-electron chi connectivity index (χ0n) is 8.84. The molecule has 0 bridgehead atoms. The van der Waals surface area contributed by atoms with Gasteiger partial charge in [0.25, 0.3) is 0 Å². The third-order valence-electron chi connectivity index (χ3n) is 2.30. The summed E-state index contributed by atoms with van der Waals surface area (Å²) in [6.07, 6.45) is 0. The van der Waals surface area contributed by atoms with Gasteiger partial charge in [0.1, 0.15) is 0 Å².